The lowest BCUT2D eigenvalue weighted by atomic mass is 9.64. The smallest absolute Gasteiger partial charge is 0.146 e. The monoisotopic (exact) mass is 272 g/mol. The zero-order valence-electron chi connectivity index (χ0n) is 13.8. The van der Waals surface area contributed by atoms with Crippen LogP contribution in [0, 0.1) is 5.41 Å². The minimum atomic E-state index is 0.0682. The van der Waals surface area contributed by atoms with Crippen molar-refractivity contribution in [2.45, 2.75) is 98.0 Å². The van der Waals surface area contributed by atoms with E-state index in [1.807, 2.05) is 0 Å². The van der Waals surface area contributed by atoms with Crippen molar-refractivity contribution < 1.29 is 4.43 Å². The Hall–Kier alpha value is 0.177. The van der Waals surface area contributed by atoms with E-state index in [4.69, 9.17) is 4.43 Å². The zero-order valence-corrected chi connectivity index (χ0v) is 15.8. The predicted molar refractivity (Wildman–Crippen MR) is 86.1 cm³/mol. The van der Waals surface area contributed by atoms with E-state index < -0.39 is 0 Å². The van der Waals surface area contributed by atoms with Crippen molar-refractivity contribution in [2.24, 2.45) is 5.41 Å². The van der Waals surface area contributed by atoms with Gasteiger partial charge in [0.25, 0.3) is 0 Å². The normalized spacial score (nSPS) is 13.2. The molecule has 0 N–H and O–H groups in total. The van der Waals surface area contributed by atoms with Crippen LogP contribution in [0.4, 0.5) is 0 Å². The predicted octanol–water partition coefficient (Wildman–Crippen LogP) is 4.62. The van der Waals surface area contributed by atoms with Crippen LogP contribution in [-0.2, 0) is 4.43 Å². The second-order valence-corrected chi connectivity index (χ2v) is 6.71. The molecule has 2 heteroatoms. The molecule has 0 aliphatic rings. The molecule has 0 atom stereocenters. The van der Waals surface area contributed by atoms with Crippen molar-refractivity contribution in [3.8, 4) is 0 Å². The number of unbranched alkanes of at least 4 members (excludes halogenated alkanes) is 3. The summed E-state index contributed by atoms with van der Waals surface area (Å²) in [6.45, 7) is 11.6. The van der Waals surface area contributed by atoms with Gasteiger partial charge >= 0.3 is 0 Å². The Morgan fingerprint density at radius 2 is 1.11 bits per heavy atom. The molecular formula is C16H36OSi. The fourth-order valence-electron chi connectivity index (χ4n) is 3.04. The Kier molecular flexibility index (Phi) is 9.23. The Labute approximate surface area is 119 Å². The van der Waals surface area contributed by atoms with Gasteiger partial charge in [-0.3, -0.25) is 0 Å². The third-order valence-electron chi connectivity index (χ3n) is 4.81. The minimum absolute atomic E-state index is 0.0682. The Morgan fingerprint density at radius 1 is 0.778 bits per heavy atom. The maximum absolute atomic E-state index is 6.03. The van der Waals surface area contributed by atoms with Crippen LogP contribution in [0.1, 0.15) is 92.4 Å². The fourth-order valence-corrected chi connectivity index (χ4v) is 3.47. The van der Waals surface area contributed by atoms with E-state index in [-0.39, 0.29) is 5.60 Å². The van der Waals surface area contributed by atoms with Crippen LogP contribution in [0.25, 0.3) is 0 Å². The first-order valence-electron chi connectivity index (χ1n) is 8.04. The summed E-state index contributed by atoms with van der Waals surface area (Å²) in [7, 11) is 0.854. The number of hydrogen-bond donors (Lipinski definition) is 0. The van der Waals surface area contributed by atoms with Gasteiger partial charge in [-0.05, 0) is 38.5 Å². The molecule has 0 fully saturated rings. The highest BCUT2D eigenvalue weighted by molar-refractivity contribution is 5.98. The number of rotatable bonds is 11. The van der Waals surface area contributed by atoms with Gasteiger partial charge in [-0.2, -0.15) is 0 Å². The second-order valence-electron chi connectivity index (χ2n) is 6.31. The Bertz CT molecular complexity index is 179. The first-order valence-corrected chi connectivity index (χ1v) is 8.86. The average molecular weight is 273 g/mol. The molecule has 0 saturated carbocycles. The van der Waals surface area contributed by atoms with Crippen molar-refractivity contribution in [3.05, 3.63) is 0 Å². The van der Waals surface area contributed by atoms with Gasteiger partial charge in [-0.25, -0.2) is 0 Å². The maximum atomic E-state index is 6.03. The van der Waals surface area contributed by atoms with Crippen LogP contribution >= 0.6 is 0 Å². The standard InChI is InChI=1S/C16H36OSi/c1-6-9-12-16(13-10-7-2,14-11-8-3)15(4,5)17-18/h6-14H2,1-5,18H3. The quantitative estimate of drug-likeness (QED) is 0.499. The van der Waals surface area contributed by atoms with E-state index >= 15 is 0 Å². The first-order chi connectivity index (χ1) is 8.49. The van der Waals surface area contributed by atoms with Gasteiger partial charge in [0.05, 0.1) is 5.60 Å². The molecule has 0 spiro atoms. The van der Waals surface area contributed by atoms with E-state index in [0.29, 0.717) is 5.41 Å². The molecule has 0 rings (SSSR count). The second kappa shape index (κ2) is 9.14. The van der Waals surface area contributed by atoms with Crippen molar-refractivity contribution in [2.75, 3.05) is 0 Å². The summed E-state index contributed by atoms with van der Waals surface area (Å²) >= 11 is 0. The van der Waals surface area contributed by atoms with E-state index in [1.54, 1.807) is 0 Å². The van der Waals surface area contributed by atoms with E-state index in [0.717, 1.165) is 10.5 Å². The molecule has 0 aromatic rings. The van der Waals surface area contributed by atoms with E-state index in [2.05, 4.69) is 34.6 Å². The lowest BCUT2D eigenvalue weighted by Gasteiger charge is -2.47. The van der Waals surface area contributed by atoms with Gasteiger partial charge in [0.1, 0.15) is 10.5 Å². The van der Waals surface area contributed by atoms with E-state index in [9.17, 15) is 0 Å². The van der Waals surface area contributed by atoms with Gasteiger partial charge in [0.2, 0.25) is 0 Å². The third kappa shape index (κ3) is 5.04. The van der Waals surface area contributed by atoms with E-state index in [1.165, 1.54) is 57.8 Å². The Balaban J connectivity index is 4.97. The summed E-state index contributed by atoms with van der Waals surface area (Å²) in [4.78, 5) is 0. The SMILES string of the molecule is CCCCC(CCCC)(CCCC)C(C)(C)O[SiH3]. The maximum Gasteiger partial charge on any atom is 0.146 e. The van der Waals surface area contributed by atoms with Crippen LogP contribution in [0.2, 0.25) is 0 Å². The van der Waals surface area contributed by atoms with Gasteiger partial charge < -0.3 is 4.43 Å². The largest absolute Gasteiger partial charge is 0.422 e. The molecule has 1 nitrogen and oxygen atoms in total. The molecule has 0 bridgehead atoms. The fraction of sp³-hybridized carbons (Fsp3) is 1.00. The molecule has 0 radical (unpaired) electrons. The van der Waals surface area contributed by atoms with Gasteiger partial charge in [-0.15, -0.1) is 0 Å². The van der Waals surface area contributed by atoms with Crippen molar-refractivity contribution >= 4 is 10.5 Å². The van der Waals surface area contributed by atoms with Crippen LogP contribution in [0.15, 0.2) is 0 Å². The molecule has 0 aromatic carbocycles. The molecular weight excluding hydrogens is 236 g/mol. The van der Waals surface area contributed by atoms with Crippen LogP contribution < -0.4 is 0 Å². The summed E-state index contributed by atoms with van der Waals surface area (Å²) in [5, 5.41) is 0. The first kappa shape index (κ1) is 18.2. The highest BCUT2D eigenvalue weighted by atomic mass is 28.2. The topological polar surface area (TPSA) is 9.23 Å². The molecule has 0 amide bonds. The Morgan fingerprint density at radius 3 is 1.33 bits per heavy atom. The average Bonchev–Trinajstić information content (AvgIpc) is 2.38. The molecule has 0 aliphatic carbocycles. The van der Waals surface area contributed by atoms with Gasteiger partial charge in [0, 0.05) is 0 Å². The zero-order chi connectivity index (χ0) is 14.1. The lowest BCUT2D eigenvalue weighted by molar-refractivity contribution is -0.0500. The van der Waals surface area contributed by atoms with Crippen LogP contribution in [-0.4, -0.2) is 16.1 Å². The van der Waals surface area contributed by atoms with Gasteiger partial charge in [0.15, 0.2) is 0 Å². The molecule has 0 aromatic heterocycles. The van der Waals surface area contributed by atoms with Crippen molar-refractivity contribution in [1.29, 1.82) is 0 Å². The lowest BCUT2D eigenvalue weighted by Crippen LogP contribution is -2.45. The summed E-state index contributed by atoms with van der Waals surface area (Å²) < 4.78 is 6.03. The third-order valence-corrected chi connectivity index (χ3v) is 5.83. The highest BCUT2D eigenvalue weighted by Gasteiger charge is 2.42. The van der Waals surface area contributed by atoms with Gasteiger partial charge in [-0.1, -0.05) is 59.3 Å². The highest BCUT2D eigenvalue weighted by Crippen LogP contribution is 2.47. The summed E-state index contributed by atoms with van der Waals surface area (Å²) in [6, 6.07) is 0. The summed E-state index contributed by atoms with van der Waals surface area (Å²) in [5.74, 6) is 0. The molecule has 0 saturated heterocycles. The number of hydrogen-bond acceptors (Lipinski definition) is 1. The van der Waals surface area contributed by atoms with Crippen molar-refractivity contribution in [3.63, 3.8) is 0 Å². The minimum Gasteiger partial charge on any atom is -0.422 e. The molecule has 0 heterocycles. The van der Waals surface area contributed by atoms with Crippen LogP contribution in [0.3, 0.4) is 0 Å². The molecule has 18 heavy (non-hydrogen) atoms. The van der Waals surface area contributed by atoms with Crippen LogP contribution in [0.5, 0.6) is 0 Å². The molecule has 110 valence electrons. The molecule has 0 aliphatic heterocycles. The summed E-state index contributed by atoms with van der Waals surface area (Å²) in [6.07, 6.45) is 12.0. The molecule has 0 unspecified atom stereocenters. The van der Waals surface area contributed by atoms with Crippen molar-refractivity contribution in [1.82, 2.24) is 0 Å². The summed E-state index contributed by atoms with van der Waals surface area (Å²) in [5.41, 5.74) is 0.482.